The molecule has 1 amide bonds. The molecular formula is C30H48N2O5S2. The summed E-state index contributed by atoms with van der Waals surface area (Å²) >= 11 is 6.22. The average molecular weight is 581 g/mol. The number of hydrogen-bond donors (Lipinski definition) is 4. The van der Waals surface area contributed by atoms with Crippen LogP contribution in [0.5, 0.6) is 0 Å². The Morgan fingerprint density at radius 1 is 1.36 bits per heavy atom. The molecule has 4 unspecified atom stereocenters. The van der Waals surface area contributed by atoms with Crippen molar-refractivity contribution in [1.29, 1.82) is 0 Å². The van der Waals surface area contributed by atoms with Crippen LogP contribution < -0.4 is 0 Å². The van der Waals surface area contributed by atoms with E-state index in [1.165, 1.54) is 16.7 Å². The first-order valence-electron chi connectivity index (χ1n) is 14.4. The van der Waals surface area contributed by atoms with Crippen molar-refractivity contribution in [2.75, 3.05) is 20.2 Å². The quantitative estimate of drug-likeness (QED) is 0.162. The molecule has 3 saturated carbocycles. The highest BCUT2D eigenvalue weighted by Gasteiger charge is 2.73. The highest BCUT2D eigenvalue weighted by atomic mass is 32.2. The second-order valence-corrected chi connectivity index (χ2v) is 14.7. The zero-order valence-corrected chi connectivity index (χ0v) is 26.2. The van der Waals surface area contributed by atoms with Crippen LogP contribution in [0.2, 0.25) is 0 Å². The van der Waals surface area contributed by atoms with E-state index in [0.29, 0.717) is 35.5 Å². The van der Waals surface area contributed by atoms with Crippen LogP contribution in [-0.2, 0) is 4.74 Å². The van der Waals surface area contributed by atoms with Crippen LogP contribution in [0.1, 0.15) is 60.8 Å². The zero-order chi connectivity index (χ0) is 29.1. The SMILES string of the molecule is C=CS/C(=N\CC)N(C)C(=O)O[C@H]1C(C)=C[C@@]23C(C)C[C@H]4CC(C)(C)[C@H]4C(C)[C@H](CC(CO)[C@@H](S)[C@]12O)C3O. The third-order valence-corrected chi connectivity index (χ3v) is 12.3. The number of thioether (sulfide) groups is 1. The summed E-state index contributed by atoms with van der Waals surface area (Å²) in [6.07, 6.45) is 1.98. The molecule has 0 aromatic carbocycles. The molecule has 11 atom stereocenters. The van der Waals surface area contributed by atoms with Crippen molar-refractivity contribution >= 4 is 35.7 Å². The molecule has 4 rings (SSSR count). The predicted octanol–water partition coefficient (Wildman–Crippen LogP) is 4.98. The molecular weight excluding hydrogens is 532 g/mol. The molecule has 9 heteroatoms. The van der Waals surface area contributed by atoms with Crippen LogP contribution in [0.4, 0.5) is 4.79 Å². The van der Waals surface area contributed by atoms with Gasteiger partial charge in [0.2, 0.25) is 0 Å². The number of aliphatic hydroxyl groups excluding tert-OH is 2. The maximum Gasteiger partial charge on any atom is 0.416 e. The fourth-order valence-electron chi connectivity index (χ4n) is 9.28. The number of aliphatic hydroxyl groups is 3. The molecule has 0 radical (unpaired) electrons. The number of hydrogen-bond acceptors (Lipinski definition) is 8. The van der Waals surface area contributed by atoms with Crippen LogP contribution in [0, 0.1) is 46.3 Å². The van der Waals surface area contributed by atoms with Gasteiger partial charge in [-0.2, -0.15) is 12.6 Å². The van der Waals surface area contributed by atoms with E-state index in [-0.39, 0.29) is 35.7 Å². The van der Waals surface area contributed by atoms with E-state index in [9.17, 15) is 20.1 Å². The standard InChI is InChI=1S/C30H48N2O5S2/c1-9-31-26(39-10-2)32(8)27(35)37-24-16(3)13-29-17(4)11-19-14-28(6,7)22(19)18(5)21(23(29)34)12-20(15-33)25(38)30(24,29)36/h10,13,17-25,33-34,36,38H,2,9,11-12,14-15H2,1,3-8H3/b31-26-/t17?,18?,19-,20?,21-,22-,23?,24-,25+,29-,30+/m0/s1. The highest BCUT2D eigenvalue weighted by Crippen LogP contribution is 2.68. The minimum atomic E-state index is -1.71. The summed E-state index contributed by atoms with van der Waals surface area (Å²) in [7, 11) is 1.59. The predicted molar refractivity (Wildman–Crippen MR) is 161 cm³/mol. The first kappa shape index (κ1) is 30.9. The number of rotatable bonds is 4. The van der Waals surface area contributed by atoms with Gasteiger partial charge in [0, 0.05) is 25.4 Å². The van der Waals surface area contributed by atoms with Gasteiger partial charge in [-0.05, 0) is 85.0 Å². The Labute approximate surface area is 244 Å². The molecule has 0 aromatic heterocycles. The van der Waals surface area contributed by atoms with Crippen LogP contribution in [0.3, 0.4) is 0 Å². The molecule has 0 aliphatic heterocycles. The molecule has 1 spiro atoms. The smallest absolute Gasteiger partial charge is 0.416 e. The third kappa shape index (κ3) is 4.53. The van der Waals surface area contributed by atoms with E-state index < -0.39 is 34.6 Å². The molecule has 220 valence electrons. The van der Waals surface area contributed by atoms with Crippen molar-refractivity contribution in [3.05, 3.63) is 23.6 Å². The number of amidine groups is 1. The number of amides is 1. The molecule has 0 aromatic rings. The van der Waals surface area contributed by atoms with Crippen LogP contribution in [0.25, 0.3) is 0 Å². The molecule has 0 saturated heterocycles. The summed E-state index contributed by atoms with van der Waals surface area (Å²) in [5.74, 6) is 0.576. The Hall–Kier alpha value is -1.00. The minimum absolute atomic E-state index is 0.0897. The Bertz CT molecular complexity index is 1030. The fraction of sp³-hybridized carbons (Fsp3) is 0.800. The summed E-state index contributed by atoms with van der Waals surface area (Å²) in [6, 6.07) is 0. The topological polar surface area (TPSA) is 103 Å². The first-order valence-corrected chi connectivity index (χ1v) is 15.8. The number of aliphatic imine (C=N–C) groups is 1. The monoisotopic (exact) mass is 580 g/mol. The van der Waals surface area contributed by atoms with E-state index in [4.69, 9.17) is 17.4 Å². The van der Waals surface area contributed by atoms with E-state index in [1.54, 1.807) is 12.5 Å². The van der Waals surface area contributed by atoms with Gasteiger partial charge in [0.25, 0.3) is 0 Å². The van der Waals surface area contributed by atoms with Gasteiger partial charge in [0.1, 0.15) is 5.60 Å². The summed E-state index contributed by atoms with van der Waals surface area (Å²) < 4.78 is 6.13. The minimum Gasteiger partial charge on any atom is -0.438 e. The Morgan fingerprint density at radius 2 is 2.03 bits per heavy atom. The lowest BCUT2D eigenvalue weighted by molar-refractivity contribution is -0.207. The van der Waals surface area contributed by atoms with Gasteiger partial charge in [-0.15, -0.1) is 0 Å². The van der Waals surface area contributed by atoms with Gasteiger partial charge in [0.15, 0.2) is 11.3 Å². The largest absolute Gasteiger partial charge is 0.438 e. The van der Waals surface area contributed by atoms with Gasteiger partial charge < -0.3 is 20.1 Å². The molecule has 3 fully saturated rings. The molecule has 3 N–H and O–H groups in total. The summed E-state index contributed by atoms with van der Waals surface area (Å²) in [6.45, 7) is 16.8. The van der Waals surface area contributed by atoms with E-state index in [1.807, 2.05) is 19.9 Å². The summed E-state index contributed by atoms with van der Waals surface area (Å²) in [5.41, 5.74) is -1.89. The van der Waals surface area contributed by atoms with Crippen molar-refractivity contribution in [1.82, 2.24) is 4.90 Å². The third-order valence-electron chi connectivity index (χ3n) is 10.7. The Morgan fingerprint density at radius 3 is 2.59 bits per heavy atom. The summed E-state index contributed by atoms with van der Waals surface area (Å²) in [4.78, 5) is 19.2. The van der Waals surface area contributed by atoms with Crippen LogP contribution >= 0.6 is 24.4 Å². The van der Waals surface area contributed by atoms with E-state index in [2.05, 4.69) is 39.3 Å². The molecule has 4 aliphatic rings. The van der Waals surface area contributed by atoms with Crippen molar-refractivity contribution in [2.24, 2.45) is 51.3 Å². The Kier molecular flexibility index (Phi) is 8.74. The lowest BCUT2D eigenvalue weighted by Gasteiger charge is -2.62. The van der Waals surface area contributed by atoms with Gasteiger partial charge in [-0.1, -0.05) is 52.1 Å². The average Bonchev–Trinajstić information content (AvgIpc) is 3.06. The second kappa shape index (κ2) is 11.0. The van der Waals surface area contributed by atoms with Crippen LogP contribution in [-0.4, -0.2) is 74.7 Å². The lowest BCUT2D eigenvalue weighted by atomic mass is 9.44. The van der Waals surface area contributed by atoms with Gasteiger partial charge >= 0.3 is 6.09 Å². The first-order chi connectivity index (χ1) is 18.2. The van der Waals surface area contributed by atoms with Gasteiger partial charge in [0.05, 0.1) is 11.5 Å². The molecule has 4 aliphatic carbocycles. The van der Waals surface area contributed by atoms with E-state index >= 15 is 0 Å². The maximum atomic E-state index is 13.5. The van der Waals surface area contributed by atoms with Crippen LogP contribution in [0.15, 0.2) is 28.6 Å². The second-order valence-electron chi connectivity index (χ2n) is 13.2. The maximum absolute atomic E-state index is 13.5. The Balaban J connectivity index is 1.80. The molecule has 7 nitrogen and oxygen atoms in total. The van der Waals surface area contributed by atoms with E-state index in [0.717, 1.165) is 12.8 Å². The van der Waals surface area contributed by atoms with Crippen molar-refractivity contribution in [3.8, 4) is 0 Å². The number of carbonyl (C=O) groups is 1. The normalized spacial score (nSPS) is 44.9. The van der Waals surface area contributed by atoms with Crippen molar-refractivity contribution in [3.63, 3.8) is 0 Å². The van der Waals surface area contributed by atoms with Crippen molar-refractivity contribution < 1.29 is 24.9 Å². The number of nitrogens with zero attached hydrogens (tertiary/aromatic N) is 2. The molecule has 39 heavy (non-hydrogen) atoms. The fourth-order valence-corrected chi connectivity index (χ4v) is 10.4. The lowest BCUT2D eigenvalue weighted by Crippen LogP contribution is -2.68. The van der Waals surface area contributed by atoms with Gasteiger partial charge in [-0.3, -0.25) is 9.89 Å². The summed E-state index contributed by atoms with van der Waals surface area (Å²) in [5, 5.41) is 37.2. The molecule has 0 heterocycles. The van der Waals surface area contributed by atoms with Crippen molar-refractivity contribution in [2.45, 2.75) is 83.9 Å². The zero-order valence-electron chi connectivity index (χ0n) is 24.5. The number of thiol groups is 1. The number of carbonyl (C=O) groups excluding carboxylic acids is 1. The van der Waals surface area contributed by atoms with Gasteiger partial charge in [-0.25, -0.2) is 4.79 Å². The number of ether oxygens (including phenoxy) is 1. The number of fused-ring (bicyclic) bond motifs is 2. The molecule has 2 bridgehead atoms. The highest BCUT2D eigenvalue weighted by molar-refractivity contribution is 8.16.